The van der Waals surface area contributed by atoms with E-state index in [1.807, 2.05) is 0 Å². The Bertz CT molecular complexity index is 224. The number of hydrogen-bond donors (Lipinski definition) is 0. The molecule has 0 fully saturated rings. The molecule has 1 unspecified atom stereocenters. The highest BCUT2D eigenvalue weighted by Crippen LogP contribution is 2.55. The van der Waals surface area contributed by atoms with Crippen LogP contribution in [0.4, 0.5) is 0 Å². The molecular weight excluding hydrogens is 293 g/mol. The van der Waals surface area contributed by atoms with Crippen LogP contribution in [0.1, 0.15) is 20.8 Å². The average Bonchev–Trinajstić information content (AvgIpc) is 2.27. The lowest BCUT2D eigenvalue weighted by Crippen LogP contribution is -2.21. The van der Waals surface area contributed by atoms with Crippen molar-refractivity contribution in [1.29, 1.82) is 0 Å². The summed E-state index contributed by atoms with van der Waals surface area (Å²) in [7, 11) is -3.26. The van der Waals surface area contributed by atoms with E-state index >= 15 is 0 Å². The van der Waals surface area contributed by atoms with Gasteiger partial charge in [0, 0.05) is 17.6 Å². The molecule has 0 aromatic rings. The summed E-state index contributed by atoms with van der Waals surface area (Å²) < 4.78 is 23.2. The number of halogens is 3. The molecule has 0 spiro atoms. The summed E-state index contributed by atoms with van der Waals surface area (Å²) >= 11 is 16.9. The largest absolute Gasteiger partial charge is 0.335 e. The number of alkyl halides is 3. The molecule has 4 atom stereocenters. The van der Waals surface area contributed by atoms with Crippen molar-refractivity contribution in [3.8, 4) is 0 Å². The van der Waals surface area contributed by atoms with Crippen LogP contribution in [0.15, 0.2) is 0 Å². The SMILES string of the molecule is C[C@H](CCl)OP(=O)(O[C@@H](C)CCl)[C@@H](C)CCl. The Morgan fingerprint density at radius 3 is 1.56 bits per heavy atom. The van der Waals surface area contributed by atoms with Crippen molar-refractivity contribution in [3.05, 3.63) is 0 Å². The summed E-state index contributed by atoms with van der Waals surface area (Å²) in [4.78, 5) is 0. The second-order valence-electron chi connectivity index (χ2n) is 3.68. The molecule has 7 heteroatoms. The molecule has 0 aliphatic rings. The summed E-state index contributed by atoms with van der Waals surface area (Å²) in [5, 5.41) is 0. The van der Waals surface area contributed by atoms with Crippen molar-refractivity contribution in [3.63, 3.8) is 0 Å². The number of rotatable bonds is 8. The van der Waals surface area contributed by atoms with Crippen molar-refractivity contribution >= 4 is 42.4 Å². The van der Waals surface area contributed by atoms with Crippen LogP contribution in [0.5, 0.6) is 0 Å². The van der Waals surface area contributed by atoms with E-state index in [2.05, 4.69) is 0 Å². The molecule has 0 radical (unpaired) electrons. The maximum Gasteiger partial charge on any atom is 0.335 e. The third kappa shape index (κ3) is 5.57. The summed E-state index contributed by atoms with van der Waals surface area (Å²) in [6.07, 6.45) is -0.693. The van der Waals surface area contributed by atoms with Gasteiger partial charge in [0.25, 0.3) is 0 Å². The topological polar surface area (TPSA) is 35.5 Å². The molecule has 98 valence electrons. The Balaban J connectivity index is 4.68. The first-order chi connectivity index (χ1) is 7.39. The van der Waals surface area contributed by atoms with E-state index in [1.54, 1.807) is 20.8 Å². The van der Waals surface area contributed by atoms with Gasteiger partial charge in [-0.1, -0.05) is 0 Å². The maximum absolute atomic E-state index is 12.4. The predicted octanol–water partition coefficient (Wildman–Crippen LogP) is 4.09. The van der Waals surface area contributed by atoms with Crippen LogP contribution >= 0.6 is 42.4 Å². The molecular formula is C9H18Cl3O3P. The van der Waals surface area contributed by atoms with Crippen molar-refractivity contribution in [1.82, 2.24) is 0 Å². The van der Waals surface area contributed by atoms with Crippen molar-refractivity contribution in [2.24, 2.45) is 0 Å². The van der Waals surface area contributed by atoms with Crippen LogP contribution in [-0.4, -0.2) is 35.5 Å². The molecule has 0 heterocycles. The van der Waals surface area contributed by atoms with Crippen LogP contribution in [0.2, 0.25) is 0 Å². The van der Waals surface area contributed by atoms with Gasteiger partial charge < -0.3 is 9.05 Å². The Morgan fingerprint density at radius 2 is 1.31 bits per heavy atom. The second-order valence-corrected chi connectivity index (χ2v) is 6.99. The Kier molecular flexibility index (Phi) is 8.70. The molecule has 0 saturated carbocycles. The molecule has 0 bridgehead atoms. The lowest BCUT2D eigenvalue weighted by molar-refractivity contribution is 0.141. The van der Waals surface area contributed by atoms with Crippen LogP contribution < -0.4 is 0 Å². The summed E-state index contributed by atoms with van der Waals surface area (Å²) in [5.74, 6) is 0.691. The van der Waals surface area contributed by atoms with E-state index in [1.165, 1.54) is 0 Å². The fourth-order valence-electron chi connectivity index (χ4n) is 0.875. The fourth-order valence-corrected chi connectivity index (χ4v) is 3.47. The molecule has 0 aromatic carbocycles. The first kappa shape index (κ1) is 17.0. The molecule has 0 aromatic heterocycles. The minimum atomic E-state index is -3.26. The lowest BCUT2D eigenvalue weighted by Gasteiger charge is -2.27. The van der Waals surface area contributed by atoms with Crippen LogP contribution in [-0.2, 0) is 13.6 Å². The van der Waals surface area contributed by atoms with Gasteiger partial charge in [-0.2, -0.15) is 0 Å². The summed E-state index contributed by atoms with van der Waals surface area (Å²) in [5.41, 5.74) is -0.384. The van der Waals surface area contributed by atoms with Crippen LogP contribution in [0.3, 0.4) is 0 Å². The molecule has 16 heavy (non-hydrogen) atoms. The van der Waals surface area contributed by atoms with Gasteiger partial charge in [-0.25, -0.2) is 0 Å². The van der Waals surface area contributed by atoms with Crippen molar-refractivity contribution in [2.45, 2.75) is 38.6 Å². The molecule has 0 rings (SSSR count). The van der Waals surface area contributed by atoms with Gasteiger partial charge >= 0.3 is 7.60 Å². The normalized spacial score (nSPS) is 21.1. The van der Waals surface area contributed by atoms with Gasteiger partial charge in [-0.15, -0.1) is 34.8 Å². The minimum absolute atomic E-state index is 0.196. The minimum Gasteiger partial charge on any atom is -0.304 e. The van der Waals surface area contributed by atoms with Crippen molar-refractivity contribution < 1.29 is 13.6 Å². The molecule has 0 amide bonds. The standard InChI is InChI=1S/C9H18Cl3O3P/c1-7(4-10)14-16(13,9(3)6-12)15-8(2)5-11/h7-9H,4-6H2,1-3H3/t7-,8+,9-,16?/m0/s1. The van der Waals surface area contributed by atoms with Crippen molar-refractivity contribution in [2.75, 3.05) is 17.6 Å². The first-order valence-electron chi connectivity index (χ1n) is 5.04. The molecule has 3 nitrogen and oxygen atoms in total. The molecule has 0 aliphatic carbocycles. The first-order valence-corrected chi connectivity index (χ1v) is 8.25. The van der Waals surface area contributed by atoms with E-state index < -0.39 is 7.60 Å². The van der Waals surface area contributed by atoms with E-state index in [0.717, 1.165) is 0 Å². The highest BCUT2D eigenvalue weighted by molar-refractivity contribution is 7.54. The third-order valence-electron chi connectivity index (χ3n) is 1.85. The van der Waals surface area contributed by atoms with E-state index in [4.69, 9.17) is 43.9 Å². The highest BCUT2D eigenvalue weighted by Gasteiger charge is 2.35. The average molecular weight is 312 g/mol. The zero-order valence-corrected chi connectivity index (χ0v) is 12.8. The van der Waals surface area contributed by atoms with Crippen LogP contribution in [0.25, 0.3) is 0 Å². The summed E-state index contributed by atoms with van der Waals surface area (Å²) in [6, 6.07) is 0. The van der Waals surface area contributed by atoms with Gasteiger partial charge in [0.05, 0.1) is 17.9 Å². The highest BCUT2D eigenvalue weighted by atomic mass is 35.5. The Labute approximate surface area is 112 Å². The van der Waals surface area contributed by atoms with Crippen LogP contribution in [0, 0.1) is 0 Å². The van der Waals surface area contributed by atoms with E-state index in [-0.39, 0.29) is 35.5 Å². The molecule has 0 aliphatic heterocycles. The van der Waals surface area contributed by atoms with Gasteiger partial charge in [-0.3, -0.25) is 4.57 Å². The smallest absolute Gasteiger partial charge is 0.304 e. The zero-order chi connectivity index (χ0) is 12.8. The lowest BCUT2D eigenvalue weighted by atomic mass is 10.5. The molecule has 0 saturated heterocycles. The molecule has 0 N–H and O–H groups in total. The maximum atomic E-state index is 12.4. The Morgan fingerprint density at radius 1 is 0.938 bits per heavy atom. The van der Waals surface area contributed by atoms with Gasteiger partial charge in [-0.05, 0) is 20.8 Å². The third-order valence-corrected chi connectivity index (χ3v) is 5.97. The Hall–Kier alpha value is 1.02. The van der Waals surface area contributed by atoms with Gasteiger partial charge in [0.1, 0.15) is 0 Å². The monoisotopic (exact) mass is 310 g/mol. The van der Waals surface area contributed by atoms with Gasteiger partial charge in [0.2, 0.25) is 0 Å². The van der Waals surface area contributed by atoms with Gasteiger partial charge in [0.15, 0.2) is 0 Å². The zero-order valence-electron chi connectivity index (χ0n) is 9.66. The van der Waals surface area contributed by atoms with E-state index in [0.29, 0.717) is 0 Å². The quantitative estimate of drug-likeness (QED) is 0.500. The number of hydrogen-bond acceptors (Lipinski definition) is 3. The summed E-state index contributed by atoms with van der Waals surface area (Å²) in [6.45, 7) is 5.18. The fraction of sp³-hybridized carbons (Fsp3) is 1.00. The van der Waals surface area contributed by atoms with E-state index in [9.17, 15) is 4.57 Å². The second kappa shape index (κ2) is 8.18. The predicted molar refractivity (Wildman–Crippen MR) is 70.3 cm³/mol.